The van der Waals surface area contributed by atoms with Crippen LogP contribution in [-0.2, 0) is 32.7 Å². The van der Waals surface area contributed by atoms with Gasteiger partial charge in [-0.05, 0) is 53.9 Å². The number of nitrogens with one attached hydrogen (secondary N) is 1. The fourth-order valence-corrected chi connectivity index (χ4v) is 4.91. The van der Waals surface area contributed by atoms with Gasteiger partial charge in [-0.1, -0.05) is 32.0 Å². The average molecular weight is 521 g/mol. The standard InChI is InChI=1S/C26H28N6O4S/c1-20(2)16-26(33)36-30-25-8-3-6-22(29-25)19-31(37(34,35)24-7-4-13-27-17-24)18-21-9-11-23(12-10-21)32-15-5-14-28-32/h3-15,17,20H,16,18-19H2,1-2H3,(H,29,30). The molecule has 0 saturated carbocycles. The van der Waals surface area contributed by atoms with Crippen molar-refractivity contribution >= 4 is 21.8 Å². The van der Waals surface area contributed by atoms with E-state index in [1.165, 1.54) is 22.8 Å². The second-order valence-corrected chi connectivity index (χ2v) is 10.7. The predicted molar refractivity (Wildman–Crippen MR) is 138 cm³/mol. The molecule has 0 atom stereocenters. The van der Waals surface area contributed by atoms with Crippen LogP contribution < -0.4 is 5.48 Å². The minimum Gasteiger partial charge on any atom is -0.342 e. The van der Waals surface area contributed by atoms with E-state index in [1.54, 1.807) is 35.1 Å². The number of hydrogen-bond acceptors (Lipinski definition) is 8. The van der Waals surface area contributed by atoms with Crippen molar-refractivity contribution in [2.24, 2.45) is 5.92 Å². The number of anilines is 1. The van der Waals surface area contributed by atoms with Crippen molar-refractivity contribution in [1.82, 2.24) is 24.1 Å². The van der Waals surface area contributed by atoms with Crippen LogP contribution in [0.2, 0.25) is 0 Å². The lowest BCUT2D eigenvalue weighted by Gasteiger charge is -2.22. The lowest BCUT2D eigenvalue weighted by molar-refractivity contribution is -0.141. The molecular formula is C26H28N6O4S. The summed E-state index contributed by atoms with van der Waals surface area (Å²) in [5.74, 6) is 0.0619. The molecule has 0 aliphatic carbocycles. The van der Waals surface area contributed by atoms with E-state index >= 15 is 0 Å². The molecule has 4 aromatic rings. The van der Waals surface area contributed by atoms with Gasteiger partial charge in [0.15, 0.2) is 5.82 Å². The zero-order chi connectivity index (χ0) is 26.3. The van der Waals surface area contributed by atoms with Crippen LogP contribution in [0.3, 0.4) is 0 Å². The molecule has 11 heteroatoms. The molecule has 0 aliphatic heterocycles. The monoisotopic (exact) mass is 520 g/mol. The summed E-state index contributed by atoms with van der Waals surface area (Å²) in [6, 6.07) is 17.5. The Morgan fingerprint density at radius 2 is 1.84 bits per heavy atom. The first-order valence-corrected chi connectivity index (χ1v) is 13.2. The summed E-state index contributed by atoms with van der Waals surface area (Å²) in [4.78, 5) is 25.4. The molecule has 0 saturated heterocycles. The molecule has 37 heavy (non-hydrogen) atoms. The maximum absolute atomic E-state index is 13.6. The molecule has 0 bridgehead atoms. The average Bonchev–Trinajstić information content (AvgIpc) is 3.43. The fourth-order valence-electron chi connectivity index (χ4n) is 3.54. The highest BCUT2D eigenvalue weighted by Crippen LogP contribution is 2.21. The van der Waals surface area contributed by atoms with Gasteiger partial charge < -0.3 is 4.84 Å². The van der Waals surface area contributed by atoms with Crippen molar-refractivity contribution in [3.63, 3.8) is 0 Å². The highest BCUT2D eigenvalue weighted by atomic mass is 32.2. The summed E-state index contributed by atoms with van der Waals surface area (Å²) < 4.78 is 30.2. The highest BCUT2D eigenvalue weighted by molar-refractivity contribution is 7.89. The minimum absolute atomic E-state index is 0.00635. The number of carbonyl (C=O) groups is 1. The fraction of sp³-hybridized carbons (Fsp3) is 0.231. The van der Waals surface area contributed by atoms with Gasteiger partial charge >= 0.3 is 5.97 Å². The Bertz CT molecular complexity index is 1410. The Kier molecular flexibility index (Phi) is 8.26. The summed E-state index contributed by atoms with van der Waals surface area (Å²) in [6.07, 6.45) is 6.64. The Hall–Kier alpha value is -4.09. The second-order valence-electron chi connectivity index (χ2n) is 8.77. The van der Waals surface area contributed by atoms with Crippen LogP contribution in [0.1, 0.15) is 31.5 Å². The van der Waals surface area contributed by atoms with Crippen molar-refractivity contribution in [2.45, 2.75) is 38.3 Å². The molecule has 4 rings (SSSR count). The molecule has 0 aliphatic rings. The molecule has 3 aromatic heterocycles. The number of sulfonamides is 1. The first kappa shape index (κ1) is 26.0. The molecule has 1 aromatic carbocycles. The van der Waals surface area contributed by atoms with Crippen molar-refractivity contribution in [3.05, 3.63) is 96.7 Å². The Labute approximate surface area is 216 Å². The van der Waals surface area contributed by atoms with Crippen molar-refractivity contribution in [1.29, 1.82) is 0 Å². The predicted octanol–water partition coefficient (Wildman–Crippen LogP) is 3.97. The summed E-state index contributed by atoms with van der Waals surface area (Å²) in [5, 5.41) is 4.22. The van der Waals surface area contributed by atoms with Crippen LogP contribution in [0, 0.1) is 5.92 Å². The van der Waals surface area contributed by atoms with Gasteiger partial charge in [-0.15, -0.1) is 0 Å². The molecule has 3 heterocycles. The zero-order valence-electron chi connectivity index (χ0n) is 20.6. The Balaban J connectivity index is 1.56. The van der Waals surface area contributed by atoms with Gasteiger partial charge in [0.1, 0.15) is 4.90 Å². The van der Waals surface area contributed by atoms with E-state index in [-0.39, 0.29) is 30.3 Å². The largest absolute Gasteiger partial charge is 0.342 e. The van der Waals surface area contributed by atoms with E-state index in [1.807, 2.05) is 50.4 Å². The maximum Gasteiger partial charge on any atom is 0.332 e. The molecule has 0 amide bonds. The molecule has 0 radical (unpaired) electrons. The first-order valence-electron chi connectivity index (χ1n) is 11.7. The second kappa shape index (κ2) is 11.8. The lowest BCUT2D eigenvalue weighted by atomic mass is 10.1. The van der Waals surface area contributed by atoms with Gasteiger partial charge in [0.05, 0.1) is 24.3 Å². The number of rotatable bonds is 11. The lowest BCUT2D eigenvalue weighted by Crippen LogP contribution is -2.30. The third-order valence-corrected chi connectivity index (χ3v) is 7.10. The normalized spacial score (nSPS) is 11.6. The summed E-state index contributed by atoms with van der Waals surface area (Å²) >= 11 is 0. The van der Waals surface area contributed by atoms with E-state index in [0.29, 0.717) is 11.5 Å². The van der Waals surface area contributed by atoms with E-state index in [4.69, 9.17) is 4.84 Å². The number of aromatic nitrogens is 4. The quantitative estimate of drug-likeness (QED) is 0.295. The van der Waals surface area contributed by atoms with Crippen LogP contribution in [0.25, 0.3) is 5.69 Å². The SMILES string of the molecule is CC(C)CC(=O)ONc1cccc(CN(Cc2ccc(-n3cccn3)cc2)S(=O)(=O)c2cccnc2)n1. The zero-order valence-corrected chi connectivity index (χ0v) is 21.4. The molecular weight excluding hydrogens is 492 g/mol. The van der Waals surface area contributed by atoms with Gasteiger partial charge in [-0.3, -0.25) is 4.98 Å². The summed E-state index contributed by atoms with van der Waals surface area (Å²) in [7, 11) is -3.90. The number of carbonyl (C=O) groups excluding carboxylic acids is 1. The highest BCUT2D eigenvalue weighted by Gasteiger charge is 2.26. The first-order chi connectivity index (χ1) is 17.8. The molecule has 10 nitrogen and oxygen atoms in total. The van der Waals surface area contributed by atoms with Crippen molar-refractivity contribution in [2.75, 3.05) is 5.48 Å². The number of benzene rings is 1. The number of hydrogen-bond donors (Lipinski definition) is 1. The van der Waals surface area contributed by atoms with Gasteiger partial charge in [-0.2, -0.15) is 9.40 Å². The molecule has 0 spiro atoms. The topological polar surface area (TPSA) is 119 Å². The maximum atomic E-state index is 13.6. The Morgan fingerprint density at radius 1 is 1.03 bits per heavy atom. The van der Waals surface area contributed by atoms with Crippen LogP contribution in [0.4, 0.5) is 5.82 Å². The van der Waals surface area contributed by atoms with Gasteiger partial charge in [0, 0.05) is 31.3 Å². The Morgan fingerprint density at radius 3 is 2.51 bits per heavy atom. The smallest absolute Gasteiger partial charge is 0.332 e. The molecule has 0 fully saturated rings. The van der Waals surface area contributed by atoms with E-state index in [9.17, 15) is 13.2 Å². The van der Waals surface area contributed by atoms with Crippen LogP contribution in [0.5, 0.6) is 0 Å². The van der Waals surface area contributed by atoms with Crippen molar-refractivity contribution < 1.29 is 18.0 Å². The van der Waals surface area contributed by atoms with Crippen LogP contribution >= 0.6 is 0 Å². The summed E-state index contributed by atoms with van der Waals surface area (Å²) in [5.41, 5.74) is 4.69. The van der Waals surface area contributed by atoms with Gasteiger partial charge in [0.25, 0.3) is 0 Å². The van der Waals surface area contributed by atoms with Gasteiger partial charge in [0.2, 0.25) is 10.0 Å². The van der Waals surface area contributed by atoms with Crippen molar-refractivity contribution in [3.8, 4) is 5.69 Å². The molecule has 192 valence electrons. The van der Waals surface area contributed by atoms with Gasteiger partial charge in [-0.25, -0.2) is 28.4 Å². The third kappa shape index (κ3) is 6.99. The van der Waals surface area contributed by atoms with Crippen LogP contribution in [0.15, 0.2) is 90.3 Å². The molecule has 0 unspecified atom stereocenters. The molecule has 1 N–H and O–H groups in total. The third-order valence-electron chi connectivity index (χ3n) is 5.33. The van der Waals surface area contributed by atoms with E-state index in [0.717, 1.165) is 11.3 Å². The van der Waals surface area contributed by atoms with E-state index < -0.39 is 16.0 Å². The van der Waals surface area contributed by atoms with Crippen LogP contribution in [-0.4, -0.2) is 38.4 Å². The minimum atomic E-state index is -3.90. The number of pyridine rings is 2. The van der Waals surface area contributed by atoms with E-state index in [2.05, 4.69) is 20.5 Å². The number of nitrogens with zero attached hydrogens (tertiary/aromatic N) is 5. The summed E-state index contributed by atoms with van der Waals surface area (Å²) in [6.45, 7) is 3.94.